The van der Waals surface area contributed by atoms with Crippen molar-refractivity contribution in [2.45, 2.75) is 31.3 Å². The lowest BCUT2D eigenvalue weighted by Gasteiger charge is -2.48. The molecule has 1 aromatic rings. The van der Waals surface area contributed by atoms with E-state index in [4.69, 9.17) is 17.3 Å². The van der Waals surface area contributed by atoms with Crippen LogP contribution in [0.1, 0.15) is 40.7 Å². The zero-order valence-corrected chi connectivity index (χ0v) is 20.5. The number of aromatic hydroxyl groups is 1. The quantitative estimate of drug-likeness (QED) is 0.512. The highest BCUT2D eigenvalue weighted by atomic mass is 35.5. The van der Waals surface area contributed by atoms with E-state index in [1.807, 2.05) is 4.90 Å². The highest BCUT2D eigenvalue weighted by Gasteiger charge is 2.66. The number of allylic oxidation sites excluding steroid dienone is 4. The summed E-state index contributed by atoms with van der Waals surface area (Å²) in [5.74, 6) is -10.2. The standard InChI is InChI=1S/C26H25ClN2O7/c1-29(2)16-9-14(10-3-4-13(27)6-10)21(31)19-15(16)7-11-5-12-8-17(30)20(25(28)35)24(34)26(12,36)23(33)18(11)22(19)32/h3-4,9,11-12,18,20,31,36H,5-8H2,1-2H3,(H2,28,35)/t11-,12+,18?,20?,26+/m1/s1. The Labute approximate surface area is 211 Å². The first-order valence-electron chi connectivity index (χ1n) is 11.7. The van der Waals surface area contributed by atoms with Crippen LogP contribution in [0.4, 0.5) is 5.69 Å². The molecule has 188 valence electrons. The molecule has 0 bridgehead atoms. The number of benzene rings is 1. The number of anilines is 1. The molecule has 4 aliphatic carbocycles. The molecule has 2 saturated carbocycles. The number of phenolic OH excluding ortho intramolecular Hbond substituents is 1. The molecule has 0 heterocycles. The summed E-state index contributed by atoms with van der Waals surface area (Å²) in [5, 5.41) is 23.1. The lowest BCUT2D eigenvalue weighted by molar-refractivity contribution is -0.175. The maximum Gasteiger partial charge on any atom is 0.235 e. The Morgan fingerprint density at radius 2 is 1.83 bits per heavy atom. The van der Waals surface area contributed by atoms with E-state index in [1.165, 1.54) is 0 Å². The number of primary amides is 1. The fourth-order valence-electron chi connectivity index (χ4n) is 6.33. The Bertz CT molecular complexity index is 1340. The van der Waals surface area contributed by atoms with Gasteiger partial charge >= 0.3 is 0 Å². The van der Waals surface area contributed by atoms with Crippen molar-refractivity contribution in [1.82, 2.24) is 0 Å². The second-order valence-electron chi connectivity index (χ2n) is 10.3. The summed E-state index contributed by atoms with van der Waals surface area (Å²) in [6.45, 7) is 0. The Morgan fingerprint density at radius 3 is 2.42 bits per heavy atom. The lowest BCUT2D eigenvalue weighted by atomic mass is 9.53. The molecule has 5 rings (SSSR count). The van der Waals surface area contributed by atoms with E-state index in [2.05, 4.69) is 0 Å². The van der Waals surface area contributed by atoms with E-state index in [9.17, 15) is 34.2 Å². The van der Waals surface area contributed by atoms with Crippen LogP contribution in [-0.4, -0.2) is 58.9 Å². The Balaban J connectivity index is 1.63. The number of nitrogens with two attached hydrogens (primary N) is 1. The van der Waals surface area contributed by atoms with Crippen LogP contribution in [0, 0.1) is 23.7 Å². The molecule has 4 aliphatic rings. The van der Waals surface area contributed by atoms with Gasteiger partial charge in [-0.25, -0.2) is 0 Å². The topological polar surface area (TPSA) is 155 Å². The first-order valence-corrected chi connectivity index (χ1v) is 12.0. The largest absolute Gasteiger partial charge is 0.507 e. The molecule has 1 aromatic carbocycles. The predicted octanol–water partition coefficient (Wildman–Crippen LogP) is 1.30. The number of carbonyl (C=O) groups is 5. The minimum atomic E-state index is -2.66. The second-order valence-corrected chi connectivity index (χ2v) is 10.7. The van der Waals surface area contributed by atoms with Crippen LogP contribution in [-0.2, 0) is 25.6 Å². The van der Waals surface area contributed by atoms with Gasteiger partial charge in [0.15, 0.2) is 34.7 Å². The van der Waals surface area contributed by atoms with Gasteiger partial charge in [-0.2, -0.15) is 0 Å². The van der Waals surface area contributed by atoms with Crippen molar-refractivity contribution in [2.75, 3.05) is 19.0 Å². The molecule has 10 heteroatoms. The van der Waals surface area contributed by atoms with Gasteiger partial charge in [0.1, 0.15) is 5.75 Å². The molecule has 2 unspecified atom stereocenters. The SMILES string of the molecule is CN(C)c1cc(C2=CC=C(Cl)C2)c(O)c2c1C[C@H]1C[C@H]3CC(=O)C(C(N)=O)C(=O)[C@@]3(O)C(=O)C1C2=O. The maximum absolute atomic E-state index is 13.9. The van der Waals surface area contributed by atoms with E-state index >= 15 is 0 Å². The molecule has 1 amide bonds. The normalized spacial score (nSPS) is 31.3. The van der Waals surface area contributed by atoms with Crippen molar-refractivity contribution in [3.63, 3.8) is 0 Å². The molecule has 36 heavy (non-hydrogen) atoms. The molecule has 2 fully saturated rings. The summed E-state index contributed by atoms with van der Waals surface area (Å²) in [5.41, 5.74) is 4.89. The van der Waals surface area contributed by atoms with Crippen LogP contribution in [0.3, 0.4) is 0 Å². The van der Waals surface area contributed by atoms with Gasteiger partial charge in [0.25, 0.3) is 0 Å². The monoisotopic (exact) mass is 512 g/mol. The molecule has 0 radical (unpaired) electrons. The van der Waals surface area contributed by atoms with Gasteiger partial charge in [0.05, 0.1) is 11.5 Å². The van der Waals surface area contributed by atoms with Crippen LogP contribution in [0.2, 0.25) is 0 Å². The van der Waals surface area contributed by atoms with Crippen molar-refractivity contribution in [1.29, 1.82) is 0 Å². The molecular weight excluding hydrogens is 488 g/mol. The molecule has 0 aromatic heterocycles. The fraction of sp³-hybridized carbons (Fsp3) is 0.423. The number of fused-ring (bicyclic) bond motifs is 3. The molecular formula is C26H25ClN2O7. The molecule has 0 saturated heterocycles. The number of hydrogen-bond acceptors (Lipinski definition) is 8. The number of nitrogens with zero attached hydrogens (tertiary/aromatic N) is 1. The third-order valence-electron chi connectivity index (χ3n) is 8.03. The number of aliphatic hydroxyl groups is 1. The number of carbonyl (C=O) groups excluding carboxylic acids is 5. The number of rotatable bonds is 3. The van der Waals surface area contributed by atoms with Crippen LogP contribution in [0.15, 0.2) is 23.3 Å². The van der Waals surface area contributed by atoms with Gasteiger partial charge in [0.2, 0.25) is 5.91 Å². The molecule has 0 aliphatic heterocycles. The van der Waals surface area contributed by atoms with Gasteiger partial charge in [-0.05, 0) is 42.0 Å². The van der Waals surface area contributed by atoms with Crippen molar-refractivity contribution in [3.8, 4) is 5.75 Å². The van der Waals surface area contributed by atoms with Crippen LogP contribution in [0.25, 0.3) is 5.57 Å². The first kappa shape index (κ1) is 24.4. The Hall–Kier alpha value is -3.30. The van der Waals surface area contributed by atoms with E-state index in [0.29, 0.717) is 33.8 Å². The average molecular weight is 513 g/mol. The van der Waals surface area contributed by atoms with Gasteiger partial charge in [-0.3, -0.25) is 24.0 Å². The third-order valence-corrected chi connectivity index (χ3v) is 8.29. The minimum absolute atomic E-state index is 0.0254. The van der Waals surface area contributed by atoms with Crippen molar-refractivity contribution in [3.05, 3.63) is 39.9 Å². The van der Waals surface area contributed by atoms with Crippen LogP contribution >= 0.6 is 11.6 Å². The Kier molecular flexibility index (Phi) is 5.50. The molecule has 4 N–H and O–H groups in total. The Morgan fingerprint density at radius 1 is 1.14 bits per heavy atom. The fourth-order valence-corrected chi connectivity index (χ4v) is 6.54. The van der Waals surface area contributed by atoms with Crippen molar-refractivity contribution >= 4 is 51.9 Å². The maximum atomic E-state index is 13.9. The van der Waals surface area contributed by atoms with Crippen molar-refractivity contribution in [2.24, 2.45) is 29.4 Å². The van der Waals surface area contributed by atoms with E-state index in [-0.39, 0.29) is 30.6 Å². The average Bonchev–Trinajstić information content (AvgIpc) is 3.21. The first-order chi connectivity index (χ1) is 16.9. The summed E-state index contributed by atoms with van der Waals surface area (Å²) < 4.78 is 0. The summed E-state index contributed by atoms with van der Waals surface area (Å²) in [6.07, 6.45) is 3.75. The zero-order valence-electron chi connectivity index (χ0n) is 19.7. The summed E-state index contributed by atoms with van der Waals surface area (Å²) in [7, 11) is 3.60. The number of Topliss-reactive ketones (excluding diaryl/α,β-unsaturated/α-hetero) is 4. The van der Waals surface area contributed by atoms with Gasteiger partial charge < -0.3 is 20.8 Å². The predicted molar refractivity (Wildman–Crippen MR) is 129 cm³/mol. The third kappa shape index (κ3) is 3.22. The number of halogens is 1. The van der Waals surface area contributed by atoms with Crippen molar-refractivity contribution < 1.29 is 34.2 Å². The lowest BCUT2D eigenvalue weighted by Crippen LogP contribution is -2.68. The highest BCUT2D eigenvalue weighted by Crippen LogP contribution is 2.52. The van der Waals surface area contributed by atoms with E-state index in [0.717, 1.165) is 0 Å². The highest BCUT2D eigenvalue weighted by molar-refractivity contribution is 6.32. The smallest absolute Gasteiger partial charge is 0.235 e. The summed E-state index contributed by atoms with van der Waals surface area (Å²) in [6, 6.07) is 1.78. The number of ketones is 4. The number of hydrogen-bond donors (Lipinski definition) is 3. The second kappa shape index (κ2) is 8.11. The van der Waals surface area contributed by atoms with Crippen LogP contribution < -0.4 is 10.6 Å². The molecule has 5 atom stereocenters. The minimum Gasteiger partial charge on any atom is -0.507 e. The van der Waals surface area contributed by atoms with Gasteiger partial charge in [-0.15, -0.1) is 0 Å². The molecule has 0 spiro atoms. The number of amides is 1. The summed E-state index contributed by atoms with van der Waals surface area (Å²) in [4.78, 5) is 66.6. The zero-order chi connectivity index (χ0) is 26.3. The van der Waals surface area contributed by atoms with Gasteiger partial charge in [-0.1, -0.05) is 17.7 Å². The van der Waals surface area contributed by atoms with Gasteiger partial charge in [0, 0.05) is 49.1 Å². The van der Waals surface area contributed by atoms with Crippen LogP contribution in [0.5, 0.6) is 5.75 Å². The summed E-state index contributed by atoms with van der Waals surface area (Å²) >= 11 is 6.12. The molecule has 9 nitrogen and oxygen atoms in total. The van der Waals surface area contributed by atoms with E-state index in [1.54, 1.807) is 32.3 Å². The van der Waals surface area contributed by atoms with E-state index < -0.39 is 58.3 Å². The number of phenols is 1.